The zero-order valence-electron chi connectivity index (χ0n) is 11.3. The number of rotatable bonds is 3. The van der Waals surface area contributed by atoms with Crippen LogP contribution in [0.15, 0.2) is 30.3 Å². The molecule has 1 aromatic carbocycles. The van der Waals surface area contributed by atoms with Crippen molar-refractivity contribution in [3.8, 4) is 0 Å². The third-order valence-electron chi connectivity index (χ3n) is 3.16. The predicted octanol–water partition coefficient (Wildman–Crippen LogP) is 0.956. The lowest BCUT2D eigenvalue weighted by atomic mass is 10.1. The zero-order valence-corrected chi connectivity index (χ0v) is 11.3. The van der Waals surface area contributed by atoms with Crippen molar-refractivity contribution in [1.82, 2.24) is 10.2 Å². The maximum absolute atomic E-state index is 12.0. The summed E-state index contributed by atoms with van der Waals surface area (Å²) < 4.78 is 0. The van der Waals surface area contributed by atoms with Gasteiger partial charge in [0.2, 0.25) is 11.8 Å². The number of para-hydroxylation sites is 1. The van der Waals surface area contributed by atoms with E-state index in [9.17, 15) is 19.7 Å². The van der Waals surface area contributed by atoms with Gasteiger partial charge in [0.25, 0.3) is 5.69 Å². The van der Waals surface area contributed by atoms with Crippen LogP contribution >= 0.6 is 0 Å². The van der Waals surface area contributed by atoms with Crippen LogP contribution in [0.4, 0.5) is 5.69 Å². The van der Waals surface area contributed by atoms with E-state index in [4.69, 9.17) is 0 Å². The lowest BCUT2D eigenvalue weighted by Crippen LogP contribution is -2.32. The minimum Gasteiger partial charge on any atom is -0.354 e. The Morgan fingerprint density at radius 2 is 2.10 bits per heavy atom. The van der Waals surface area contributed by atoms with Gasteiger partial charge in [-0.1, -0.05) is 12.1 Å². The van der Waals surface area contributed by atoms with Crippen LogP contribution in [-0.4, -0.2) is 41.3 Å². The number of carbonyl (C=O) groups excluding carboxylic acids is 2. The number of nitro benzene ring substituents is 1. The fraction of sp³-hybridized carbons (Fsp3) is 0.286. The third-order valence-corrected chi connectivity index (χ3v) is 3.16. The Labute approximate surface area is 121 Å². The fourth-order valence-corrected chi connectivity index (χ4v) is 2.05. The monoisotopic (exact) mass is 289 g/mol. The molecule has 1 heterocycles. The number of carbonyl (C=O) groups is 2. The number of nitrogens with one attached hydrogen (secondary N) is 1. The molecule has 7 heteroatoms. The van der Waals surface area contributed by atoms with Crippen LogP contribution in [0.5, 0.6) is 0 Å². The molecule has 1 saturated heterocycles. The Morgan fingerprint density at radius 3 is 2.86 bits per heavy atom. The second kappa shape index (κ2) is 6.65. The van der Waals surface area contributed by atoms with E-state index >= 15 is 0 Å². The molecule has 0 aromatic heterocycles. The highest BCUT2D eigenvalue weighted by molar-refractivity contribution is 5.93. The van der Waals surface area contributed by atoms with Crippen LogP contribution in [0.25, 0.3) is 6.08 Å². The quantitative estimate of drug-likeness (QED) is 0.509. The first-order valence-electron chi connectivity index (χ1n) is 6.55. The number of hydrogen-bond donors (Lipinski definition) is 1. The molecule has 0 aliphatic carbocycles. The standard InChI is InChI=1S/C14H15N3O4/c18-13-7-9-16(10-8-15-13)14(19)6-5-11-3-1-2-4-12(11)17(20)21/h1-6H,7-10H2,(H,15,18). The van der Waals surface area contributed by atoms with Crippen molar-refractivity contribution >= 4 is 23.6 Å². The molecule has 0 spiro atoms. The van der Waals surface area contributed by atoms with Crippen molar-refractivity contribution in [2.24, 2.45) is 0 Å². The fourth-order valence-electron chi connectivity index (χ4n) is 2.05. The van der Waals surface area contributed by atoms with Crippen molar-refractivity contribution in [2.75, 3.05) is 19.6 Å². The van der Waals surface area contributed by atoms with Gasteiger partial charge in [0.05, 0.1) is 10.5 Å². The molecule has 1 fully saturated rings. The summed E-state index contributed by atoms with van der Waals surface area (Å²) in [6, 6.07) is 6.21. The Bertz CT molecular complexity index is 598. The normalized spacial score (nSPS) is 15.6. The summed E-state index contributed by atoms with van der Waals surface area (Å²) in [6.07, 6.45) is 3.00. The van der Waals surface area contributed by atoms with Gasteiger partial charge in [-0.15, -0.1) is 0 Å². The smallest absolute Gasteiger partial charge is 0.276 e. The third kappa shape index (κ3) is 3.88. The van der Waals surface area contributed by atoms with Gasteiger partial charge in [-0.25, -0.2) is 0 Å². The summed E-state index contributed by atoms with van der Waals surface area (Å²) in [5.74, 6) is -0.336. The van der Waals surface area contributed by atoms with Crippen molar-refractivity contribution in [2.45, 2.75) is 6.42 Å². The Morgan fingerprint density at radius 1 is 1.33 bits per heavy atom. The highest BCUT2D eigenvalue weighted by Gasteiger charge is 2.17. The first kappa shape index (κ1) is 14.7. The van der Waals surface area contributed by atoms with Crippen LogP contribution in [-0.2, 0) is 9.59 Å². The Kier molecular flexibility index (Phi) is 4.65. The highest BCUT2D eigenvalue weighted by atomic mass is 16.6. The average molecular weight is 289 g/mol. The molecule has 0 unspecified atom stereocenters. The SMILES string of the molecule is O=C1CCN(C(=O)C=Cc2ccccc2[N+](=O)[O-])CCN1. The van der Waals surface area contributed by atoms with E-state index in [1.54, 1.807) is 23.1 Å². The molecule has 1 aliphatic heterocycles. The minimum atomic E-state index is -0.487. The number of hydrogen-bond acceptors (Lipinski definition) is 4. The molecule has 0 radical (unpaired) electrons. The van der Waals surface area contributed by atoms with E-state index in [1.165, 1.54) is 18.2 Å². The van der Waals surface area contributed by atoms with Gasteiger partial charge in [0.15, 0.2) is 0 Å². The molecule has 1 aromatic rings. The molecule has 2 amide bonds. The zero-order chi connectivity index (χ0) is 15.2. The van der Waals surface area contributed by atoms with Gasteiger partial charge in [0, 0.05) is 38.2 Å². The van der Waals surface area contributed by atoms with Crippen molar-refractivity contribution < 1.29 is 14.5 Å². The average Bonchev–Trinajstić information content (AvgIpc) is 2.69. The molecule has 110 valence electrons. The van der Waals surface area contributed by atoms with Crippen molar-refractivity contribution in [3.63, 3.8) is 0 Å². The summed E-state index contributed by atoms with van der Waals surface area (Å²) in [6.45, 7) is 1.21. The molecule has 0 atom stereocenters. The second-order valence-electron chi connectivity index (χ2n) is 4.57. The van der Waals surface area contributed by atoms with Crippen LogP contribution in [0.3, 0.4) is 0 Å². The molecular weight excluding hydrogens is 274 g/mol. The van der Waals surface area contributed by atoms with Crippen LogP contribution < -0.4 is 5.32 Å². The molecule has 2 rings (SSSR count). The van der Waals surface area contributed by atoms with E-state index in [2.05, 4.69) is 5.32 Å². The largest absolute Gasteiger partial charge is 0.354 e. The maximum Gasteiger partial charge on any atom is 0.276 e. The second-order valence-corrected chi connectivity index (χ2v) is 4.57. The van der Waals surface area contributed by atoms with Crippen LogP contribution in [0.2, 0.25) is 0 Å². The summed E-state index contributed by atoms with van der Waals surface area (Å²) >= 11 is 0. The van der Waals surface area contributed by atoms with Gasteiger partial charge >= 0.3 is 0 Å². The summed E-state index contributed by atoms with van der Waals surface area (Å²) in [5.41, 5.74) is 0.328. The Hall–Kier alpha value is -2.70. The van der Waals surface area contributed by atoms with Crippen molar-refractivity contribution in [3.05, 3.63) is 46.0 Å². The van der Waals surface area contributed by atoms with Crippen LogP contribution in [0.1, 0.15) is 12.0 Å². The molecule has 1 N–H and O–H groups in total. The first-order valence-corrected chi connectivity index (χ1v) is 6.55. The summed E-state index contributed by atoms with van der Waals surface area (Å²) in [7, 11) is 0. The predicted molar refractivity (Wildman–Crippen MR) is 76.3 cm³/mol. The lowest BCUT2D eigenvalue weighted by Gasteiger charge is -2.17. The van der Waals surface area contributed by atoms with Gasteiger partial charge in [-0.3, -0.25) is 19.7 Å². The minimum absolute atomic E-state index is 0.0470. The van der Waals surface area contributed by atoms with E-state index in [0.717, 1.165) is 0 Å². The van der Waals surface area contributed by atoms with Crippen LogP contribution in [0, 0.1) is 10.1 Å². The topological polar surface area (TPSA) is 92.5 Å². The summed E-state index contributed by atoms with van der Waals surface area (Å²) in [4.78, 5) is 35.2. The van der Waals surface area contributed by atoms with Gasteiger partial charge in [0.1, 0.15) is 0 Å². The first-order chi connectivity index (χ1) is 10.1. The molecule has 1 aliphatic rings. The number of benzene rings is 1. The number of nitro groups is 1. The lowest BCUT2D eigenvalue weighted by molar-refractivity contribution is -0.385. The Balaban J connectivity index is 2.08. The molecule has 0 bridgehead atoms. The number of nitrogens with zero attached hydrogens (tertiary/aromatic N) is 2. The number of amides is 2. The van der Waals surface area contributed by atoms with E-state index in [-0.39, 0.29) is 23.9 Å². The molecule has 21 heavy (non-hydrogen) atoms. The van der Waals surface area contributed by atoms with Gasteiger partial charge in [-0.05, 0) is 12.1 Å². The van der Waals surface area contributed by atoms with Crippen molar-refractivity contribution in [1.29, 1.82) is 0 Å². The van der Waals surface area contributed by atoms with Gasteiger partial charge in [-0.2, -0.15) is 0 Å². The molecule has 7 nitrogen and oxygen atoms in total. The van der Waals surface area contributed by atoms with Gasteiger partial charge < -0.3 is 10.2 Å². The van der Waals surface area contributed by atoms with E-state index in [1.807, 2.05) is 0 Å². The van der Waals surface area contributed by atoms with E-state index in [0.29, 0.717) is 25.2 Å². The van der Waals surface area contributed by atoms with E-state index < -0.39 is 4.92 Å². The highest BCUT2D eigenvalue weighted by Crippen LogP contribution is 2.19. The summed E-state index contributed by atoms with van der Waals surface area (Å²) in [5, 5.41) is 13.6. The molecule has 0 saturated carbocycles. The molecular formula is C14H15N3O4. The maximum atomic E-state index is 12.0.